The minimum atomic E-state index is -1.77. The maximum atomic E-state index is 14.4. The number of halogens is 1. The summed E-state index contributed by atoms with van der Waals surface area (Å²) in [4.78, 5) is 152. The Bertz CT molecular complexity index is 4480. The number of para-hydroxylation sites is 1. The summed E-state index contributed by atoms with van der Waals surface area (Å²) in [6.45, 7) is 1.50. The Labute approximate surface area is 551 Å². The smallest absolute Gasteiger partial charge is 0.481 e. The second-order valence-corrected chi connectivity index (χ2v) is 24.9. The van der Waals surface area contributed by atoms with Crippen molar-refractivity contribution in [3.63, 3.8) is 0 Å². The number of ether oxygens (including phenoxy) is 2. The van der Waals surface area contributed by atoms with Crippen LogP contribution in [0.1, 0.15) is 74.7 Å². The Morgan fingerprint density at radius 1 is 0.789 bits per heavy atom. The standard InChI is InChI=1S/C63H62ClN15O14S2/c1-31(70-55(83)32-11-13-36(14-12-32)67-26-38-27-69-54-53(71-38)59(87)78-62(66)77-54)10-17-50(80)68-28-41(65)56(84)75-45(23-51(81)82)58(86)76-47(61(89)90)30-95-94-19-18-92-63(91)93-49-24-48-52(40-8-4-3-7-39(40)49)35(25-64)29-79(48)60(88)46-22-34-20-37(15-16-43(34)74-46)72-57(85)44-21-33-6-2-5-9-42(33)73-44/h2-9,11-16,20-22,24,27,31,35,41,45,47,67,73-74H,10,17-19,23,25-26,28-30,65H2,1H3,(H,68,80)(H,70,83)(H,72,85)(H,75,84)(H,76,86)(H,81,82)(H,89,90)(H3,66,69,77,78,87)/t31-,35?,41-,45-,47-/m0/s1. The maximum absolute atomic E-state index is 14.4. The number of aliphatic carboxylic acids is 2. The van der Waals surface area contributed by atoms with Crippen molar-refractivity contribution < 1.29 is 62.8 Å². The van der Waals surface area contributed by atoms with Crippen molar-refractivity contribution in [1.29, 1.82) is 0 Å². The summed E-state index contributed by atoms with van der Waals surface area (Å²) in [5.74, 6) is -6.97. The molecule has 9 aromatic rings. The number of fused-ring (bicyclic) bond motifs is 6. The zero-order valence-electron chi connectivity index (χ0n) is 50.4. The number of nitrogens with zero attached hydrogens (tertiary/aromatic N) is 4. The van der Waals surface area contributed by atoms with E-state index in [1.165, 1.54) is 6.20 Å². The molecule has 1 aliphatic rings. The Kier molecular flexibility index (Phi) is 21.4. The quantitative estimate of drug-likeness (QED) is 0.00915. The summed E-state index contributed by atoms with van der Waals surface area (Å²) in [5, 5.41) is 38.2. The third-order valence-electron chi connectivity index (χ3n) is 15.1. The zero-order chi connectivity index (χ0) is 67.4. The van der Waals surface area contributed by atoms with E-state index in [-0.39, 0.29) is 96.2 Å². The van der Waals surface area contributed by atoms with E-state index >= 15 is 0 Å². The topological polar surface area (TPSA) is 443 Å². The fraction of sp³-hybridized carbons (Fsp3) is 0.254. The highest BCUT2D eigenvalue weighted by Crippen LogP contribution is 2.46. The molecule has 15 N–H and O–H groups in total. The first-order valence-corrected chi connectivity index (χ1v) is 32.5. The van der Waals surface area contributed by atoms with E-state index in [2.05, 4.69) is 61.8 Å². The number of carbonyl (C=O) groups is 9. The molecule has 0 fully saturated rings. The number of alkyl halides is 1. The Morgan fingerprint density at radius 2 is 1.51 bits per heavy atom. The van der Waals surface area contributed by atoms with Crippen LogP contribution in [0.25, 0.3) is 43.7 Å². The van der Waals surface area contributed by atoms with Gasteiger partial charge in [-0.15, -0.1) is 11.6 Å². The van der Waals surface area contributed by atoms with Gasteiger partial charge in [0, 0.05) is 99.1 Å². The monoisotopic (exact) mass is 1350 g/mol. The van der Waals surface area contributed by atoms with Crippen LogP contribution >= 0.6 is 33.2 Å². The van der Waals surface area contributed by atoms with Gasteiger partial charge in [0.05, 0.1) is 30.5 Å². The number of aromatic nitrogens is 6. The van der Waals surface area contributed by atoms with E-state index in [0.717, 1.165) is 38.1 Å². The number of carbonyl (C=O) groups excluding carboxylic acids is 7. The molecule has 6 amide bonds. The van der Waals surface area contributed by atoms with Gasteiger partial charge in [-0.05, 0) is 85.0 Å². The molecule has 29 nitrogen and oxygen atoms in total. The van der Waals surface area contributed by atoms with Gasteiger partial charge in [0.1, 0.15) is 41.9 Å². The number of hydrogen-bond donors (Lipinski definition) is 13. The SMILES string of the molecule is C[C@@H](CCC(=O)NC[C@H](N)C(=O)N[C@@H](CC(=O)O)C(=O)N[C@@H](CSSCCOC(=O)Oc1cc2c(c3ccccc13)C(CCl)CN2C(=O)c1cc2cc(NC(=O)c3cc4ccccc4[nH]3)ccc2[nH]1)C(=O)O)NC(=O)c1ccc(NCc2cnc3nc(N)[nH]c(=O)c3n2)cc1. The molecule has 0 bridgehead atoms. The van der Waals surface area contributed by atoms with Gasteiger partial charge in [-0.1, -0.05) is 64.1 Å². The Morgan fingerprint density at radius 3 is 2.26 bits per heavy atom. The first-order chi connectivity index (χ1) is 45.7. The molecule has 10 rings (SSSR count). The molecule has 0 radical (unpaired) electrons. The molecule has 32 heteroatoms. The number of benzene rings is 5. The molecule has 95 heavy (non-hydrogen) atoms. The minimum Gasteiger partial charge on any atom is -0.481 e. The van der Waals surface area contributed by atoms with Gasteiger partial charge >= 0.3 is 18.1 Å². The van der Waals surface area contributed by atoms with Crippen LogP contribution in [-0.2, 0) is 35.3 Å². The van der Waals surface area contributed by atoms with Gasteiger partial charge in [0.2, 0.25) is 23.7 Å². The largest absolute Gasteiger partial charge is 0.513 e. The van der Waals surface area contributed by atoms with Crippen molar-refractivity contribution >= 4 is 153 Å². The van der Waals surface area contributed by atoms with Crippen LogP contribution in [0, 0.1) is 0 Å². The average molecular weight is 1350 g/mol. The molecular weight excluding hydrogens is 1290 g/mol. The highest BCUT2D eigenvalue weighted by atomic mass is 35.5. The number of aromatic amines is 3. The molecule has 4 aromatic heterocycles. The lowest BCUT2D eigenvalue weighted by atomic mass is 9.95. The second kappa shape index (κ2) is 30.3. The van der Waals surface area contributed by atoms with Crippen molar-refractivity contribution in [2.24, 2.45) is 5.73 Å². The lowest BCUT2D eigenvalue weighted by Gasteiger charge is -2.22. The normalized spacial score (nSPS) is 13.9. The van der Waals surface area contributed by atoms with Gasteiger partial charge in [0.25, 0.3) is 23.3 Å². The summed E-state index contributed by atoms with van der Waals surface area (Å²) in [7, 11) is 2.09. The summed E-state index contributed by atoms with van der Waals surface area (Å²) >= 11 is 6.54. The van der Waals surface area contributed by atoms with Crippen LogP contribution in [-0.4, -0.2) is 155 Å². The van der Waals surface area contributed by atoms with Crippen LogP contribution in [0.4, 0.5) is 27.8 Å². The van der Waals surface area contributed by atoms with Crippen molar-refractivity contribution in [2.75, 3.05) is 58.3 Å². The molecule has 0 saturated heterocycles. The number of carboxylic acid groups (broad SMARTS) is 2. The fourth-order valence-corrected chi connectivity index (χ4v) is 12.6. The van der Waals surface area contributed by atoms with Gasteiger partial charge in [-0.2, -0.15) is 4.98 Å². The van der Waals surface area contributed by atoms with E-state index in [1.807, 2.05) is 36.4 Å². The molecular formula is C63H62ClN15O14S2. The first kappa shape index (κ1) is 67.1. The van der Waals surface area contributed by atoms with Gasteiger partial charge in [-0.3, -0.25) is 43.3 Å². The van der Waals surface area contributed by atoms with Gasteiger partial charge in [0.15, 0.2) is 11.2 Å². The number of nitrogens with two attached hydrogens (primary N) is 2. The lowest BCUT2D eigenvalue weighted by molar-refractivity contribution is -0.143. The number of anilines is 4. The number of H-pyrrole nitrogens is 3. The Balaban J connectivity index is 0.645. The third-order valence-corrected chi connectivity index (χ3v) is 17.9. The predicted octanol–water partition coefficient (Wildman–Crippen LogP) is 5.73. The molecule has 5 atom stereocenters. The minimum absolute atomic E-state index is 0.0358. The molecule has 0 aliphatic carbocycles. The van der Waals surface area contributed by atoms with Crippen molar-refractivity contribution in [1.82, 2.24) is 51.2 Å². The zero-order valence-corrected chi connectivity index (χ0v) is 52.7. The first-order valence-electron chi connectivity index (χ1n) is 29.5. The highest BCUT2D eigenvalue weighted by molar-refractivity contribution is 8.76. The predicted molar refractivity (Wildman–Crippen MR) is 358 cm³/mol. The molecule has 1 unspecified atom stereocenters. The van der Waals surface area contributed by atoms with Crippen molar-refractivity contribution in [3.05, 3.63) is 154 Å². The number of amides is 6. The van der Waals surface area contributed by atoms with E-state index in [1.54, 1.807) is 84.6 Å². The van der Waals surface area contributed by atoms with Crippen LogP contribution in [0.2, 0.25) is 0 Å². The summed E-state index contributed by atoms with van der Waals surface area (Å²) in [5.41, 5.74) is 16.5. The number of hydrogen-bond acceptors (Lipinski definition) is 20. The van der Waals surface area contributed by atoms with Crippen LogP contribution in [0.5, 0.6) is 5.75 Å². The van der Waals surface area contributed by atoms with E-state index in [9.17, 15) is 58.2 Å². The fourth-order valence-electron chi connectivity index (χ4n) is 10.4. The molecule has 0 spiro atoms. The summed E-state index contributed by atoms with van der Waals surface area (Å²) in [6, 6.07) is 26.3. The summed E-state index contributed by atoms with van der Waals surface area (Å²) < 4.78 is 11.1. The number of nitrogens with one attached hydrogen (secondary N) is 9. The van der Waals surface area contributed by atoms with Crippen molar-refractivity contribution in [3.8, 4) is 5.75 Å². The molecule has 492 valence electrons. The van der Waals surface area contributed by atoms with Crippen LogP contribution in [0.3, 0.4) is 0 Å². The third kappa shape index (κ3) is 16.7. The maximum Gasteiger partial charge on any atom is 0.513 e. The van der Waals surface area contributed by atoms with Gasteiger partial charge in [-0.25, -0.2) is 19.6 Å². The number of rotatable bonds is 28. The highest BCUT2D eigenvalue weighted by Gasteiger charge is 2.37. The molecule has 0 saturated carbocycles. The van der Waals surface area contributed by atoms with Crippen LogP contribution < -0.4 is 58.6 Å². The molecule has 1 aliphatic heterocycles. The molecule has 5 heterocycles. The van der Waals surface area contributed by atoms with Crippen LogP contribution in [0.15, 0.2) is 120 Å². The Hall–Kier alpha value is -10.8. The average Bonchev–Trinajstić information content (AvgIpc) is 1.63. The van der Waals surface area contributed by atoms with E-state index < -0.39 is 84.4 Å². The molecule has 5 aromatic carbocycles. The van der Waals surface area contributed by atoms with E-state index in [0.29, 0.717) is 55.7 Å². The lowest BCUT2D eigenvalue weighted by Crippen LogP contribution is -2.57. The second-order valence-electron chi connectivity index (χ2n) is 21.9. The number of carboxylic acids is 2. The van der Waals surface area contributed by atoms with E-state index in [4.69, 9.17) is 32.5 Å². The van der Waals surface area contributed by atoms with Gasteiger partial charge < -0.3 is 77.9 Å². The summed E-state index contributed by atoms with van der Waals surface area (Å²) in [6.07, 6.45) is -0.457. The number of nitrogen functional groups attached to an aromatic ring is 1. The van der Waals surface area contributed by atoms with Crippen molar-refractivity contribution in [2.45, 2.75) is 62.8 Å².